The summed E-state index contributed by atoms with van der Waals surface area (Å²) in [5.41, 5.74) is 3.79. The van der Waals surface area contributed by atoms with Gasteiger partial charge in [0.05, 0.1) is 23.4 Å². The van der Waals surface area contributed by atoms with Crippen LogP contribution in [0.1, 0.15) is 34.8 Å². The topological polar surface area (TPSA) is 103 Å². The second-order valence-corrected chi connectivity index (χ2v) is 11.6. The van der Waals surface area contributed by atoms with Crippen molar-refractivity contribution in [3.63, 3.8) is 0 Å². The summed E-state index contributed by atoms with van der Waals surface area (Å²) in [7, 11) is -3.64. The highest BCUT2D eigenvalue weighted by Gasteiger charge is 2.27. The Kier molecular flexibility index (Phi) is 6.57. The van der Waals surface area contributed by atoms with Gasteiger partial charge in [0.1, 0.15) is 0 Å². The first-order valence-electron chi connectivity index (χ1n) is 11.3. The van der Waals surface area contributed by atoms with Crippen LogP contribution < -0.4 is 0 Å². The van der Waals surface area contributed by atoms with Crippen molar-refractivity contribution in [1.29, 1.82) is 0 Å². The smallest absolute Gasteiger partial charge is 0.277 e. The lowest BCUT2D eigenvalue weighted by molar-refractivity contribution is 0.0730. The molecular weight excluding hydrogens is 474 g/mol. The molecule has 34 heavy (non-hydrogen) atoms. The molecule has 0 bridgehead atoms. The number of Topliss-reactive ketones (excluding diaryl/α,β-unsaturated/α-hetero) is 1. The Morgan fingerprint density at radius 2 is 1.85 bits per heavy atom. The van der Waals surface area contributed by atoms with E-state index in [1.165, 1.54) is 33.3 Å². The maximum Gasteiger partial charge on any atom is 0.277 e. The van der Waals surface area contributed by atoms with Crippen LogP contribution in [0.5, 0.6) is 0 Å². The van der Waals surface area contributed by atoms with Gasteiger partial charge in [-0.25, -0.2) is 8.42 Å². The molecule has 2 aromatic carbocycles. The lowest BCUT2D eigenvalue weighted by Crippen LogP contribution is -2.40. The third-order valence-electron chi connectivity index (χ3n) is 6.13. The number of rotatable bonds is 7. The van der Waals surface area contributed by atoms with Crippen molar-refractivity contribution >= 4 is 27.6 Å². The lowest BCUT2D eigenvalue weighted by atomic mass is 10.0. The molecule has 2 aliphatic rings. The highest BCUT2D eigenvalue weighted by atomic mass is 32.2. The lowest BCUT2D eigenvalue weighted by Gasteiger charge is -2.26. The molecule has 1 aliphatic heterocycles. The van der Waals surface area contributed by atoms with Crippen molar-refractivity contribution in [2.45, 2.75) is 41.6 Å². The van der Waals surface area contributed by atoms with E-state index in [9.17, 15) is 13.2 Å². The zero-order valence-corrected chi connectivity index (χ0v) is 20.4. The fourth-order valence-corrected chi connectivity index (χ4v) is 6.48. The molecular formula is C24H25N3O5S2. The van der Waals surface area contributed by atoms with Crippen molar-refractivity contribution < 1.29 is 22.4 Å². The third-order valence-corrected chi connectivity index (χ3v) is 8.95. The number of ether oxygens (including phenoxy) is 1. The number of carbonyl (C=O) groups is 1. The largest absolute Gasteiger partial charge is 0.411 e. The molecule has 2 heterocycles. The van der Waals surface area contributed by atoms with Crippen LogP contribution >= 0.6 is 11.8 Å². The Morgan fingerprint density at radius 1 is 1.06 bits per heavy atom. The first kappa shape index (κ1) is 23.2. The van der Waals surface area contributed by atoms with Crippen LogP contribution in [0.4, 0.5) is 0 Å². The van der Waals surface area contributed by atoms with Crippen molar-refractivity contribution in [3.8, 4) is 11.5 Å². The monoisotopic (exact) mass is 499 g/mol. The van der Waals surface area contributed by atoms with Gasteiger partial charge < -0.3 is 9.15 Å². The van der Waals surface area contributed by atoms with E-state index in [2.05, 4.69) is 16.3 Å². The minimum Gasteiger partial charge on any atom is -0.411 e. The van der Waals surface area contributed by atoms with Crippen LogP contribution in [0.25, 0.3) is 11.5 Å². The van der Waals surface area contributed by atoms with Gasteiger partial charge in [-0.05, 0) is 61.6 Å². The van der Waals surface area contributed by atoms with E-state index < -0.39 is 15.3 Å². The Labute approximate surface area is 202 Å². The maximum absolute atomic E-state index is 13.0. The molecule has 0 amide bonds. The van der Waals surface area contributed by atoms with Gasteiger partial charge >= 0.3 is 0 Å². The van der Waals surface area contributed by atoms with Crippen LogP contribution in [-0.2, 0) is 27.6 Å². The average molecular weight is 500 g/mol. The quantitative estimate of drug-likeness (QED) is 0.359. The number of nitrogens with zero attached hydrogens (tertiary/aromatic N) is 3. The van der Waals surface area contributed by atoms with Gasteiger partial charge in [-0.15, -0.1) is 10.2 Å². The Morgan fingerprint density at radius 3 is 2.68 bits per heavy atom. The summed E-state index contributed by atoms with van der Waals surface area (Å²) in [6, 6.07) is 12.4. The molecule has 8 nitrogen and oxygen atoms in total. The normalized spacial score (nSPS) is 17.4. The molecule has 0 N–H and O–H groups in total. The first-order chi connectivity index (χ1) is 16.4. The molecule has 3 aromatic rings. The SMILES string of the molecule is C[C@H](Sc1nnc(-c2cccc(S(=O)(=O)N3CCOCC3)c2)o1)C(=O)c1ccc2c(c1)CCC2. The van der Waals surface area contributed by atoms with Gasteiger partial charge in [-0.3, -0.25) is 4.79 Å². The zero-order valence-electron chi connectivity index (χ0n) is 18.8. The number of thioether (sulfide) groups is 1. The molecule has 178 valence electrons. The summed E-state index contributed by atoms with van der Waals surface area (Å²) in [4.78, 5) is 13.1. The van der Waals surface area contributed by atoms with Gasteiger partial charge in [0.15, 0.2) is 5.78 Å². The van der Waals surface area contributed by atoms with E-state index in [-0.39, 0.29) is 21.8 Å². The number of ketones is 1. The second kappa shape index (κ2) is 9.61. The molecule has 0 saturated carbocycles. The fraction of sp³-hybridized carbons (Fsp3) is 0.375. The molecule has 1 fully saturated rings. The minimum atomic E-state index is -3.64. The van der Waals surface area contributed by atoms with E-state index in [4.69, 9.17) is 9.15 Å². The number of carbonyl (C=O) groups excluding carboxylic acids is 1. The van der Waals surface area contributed by atoms with Gasteiger partial charge in [0.25, 0.3) is 5.22 Å². The summed E-state index contributed by atoms with van der Waals surface area (Å²) >= 11 is 1.20. The Bertz CT molecular complexity index is 1320. The van der Waals surface area contributed by atoms with E-state index in [0.29, 0.717) is 37.4 Å². The van der Waals surface area contributed by atoms with Crippen LogP contribution in [-0.4, -0.2) is 60.3 Å². The van der Waals surface area contributed by atoms with Crippen LogP contribution in [0, 0.1) is 0 Å². The molecule has 10 heteroatoms. The summed E-state index contributed by atoms with van der Waals surface area (Å²) in [6.45, 7) is 3.23. The summed E-state index contributed by atoms with van der Waals surface area (Å²) in [5, 5.41) is 8.00. The van der Waals surface area contributed by atoms with Crippen molar-refractivity contribution in [1.82, 2.24) is 14.5 Å². The molecule has 1 saturated heterocycles. The molecule has 0 unspecified atom stereocenters. The van der Waals surface area contributed by atoms with Crippen molar-refractivity contribution in [2.75, 3.05) is 26.3 Å². The fourth-order valence-electron chi connectivity index (χ4n) is 4.26. The number of aromatic nitrogens is 2. The second-order valence-electron chi connectivity index (χ2n) is 8.38. The zero-order chi connectivity index (χ0) is 23.7. The molecule has 5 rings (SSSR count). The van der Waals surface area contributed by atoms with Gasteiger partial charge in [0, 0.05) is 24.2 Å². The standard InChI is InChI=1S/C24H25N3O5S2/c1-16(22(28)19-9-8-17-4-2-5-18(17)14-19)33-24-26-25-23(32-24)20-6-3-7-21(15-20)34(29,30)27-10-12-31-13-11-27/h3,6-9,14-16H,2,4-5,10-13H2,1H3/t16-/m0/s1. The third kappa shape index (κ3) is 4.68. The van der Waals surface area contributed by atoms with E-state index in [1.807, 2.05) is 19.1 Å². The summed E-state index contributed by atoms with van der Waals surface area (Å²) in [6.07, 6.45) is 3.23. The highest BCUT2D eigenvalue weighted by molar-refractivity contribution is 8.00. The number of fused-ring (bicyclic) bond motifs is 1. The first-order valence-corrected chi connectivity index (χ1v) is 13.6. The molecule has 1 atom stereocenters. The number of benzene rings is 2. The van der Waals surface area contributed by atoms with E-state index in [1.54, 1.807) is 18.2 Å². The van der Waals surface area contributed by atoms with Gasteiger partial charge in [0.2, 0.25) is 15.9 Å². The minimum absolute atomic E-state index is 0.0121. The highest BCUT2D eigenvalue weighted by Crippen LogP contribution is 2.30. The van der Waals surface area contributed by atoms with Crippen molar-refractivity contribution in [3.05, 3.63) is 59.2 Å². The number of hydrogen-bond donors (Lipinski definition) is 0. The maximum atomic E-state index is 13.0. The predicted octanol–water partition coefficient (Wildman–Crippen LogP) is 3.61. The Balaban J connectivity index is 1.30. The van der Waals surface area contributed by atoms with E-state index >= 15 is 0 Å². The molecule has 0 radical (unpaired) electrons. The summed E-state index contributed by atoms with van der Waals surface area (Å²) in [5.74, 6) is 0.219. The average Bonchev–Trinajstić information content (AvgIpc) is 3.53. The predicted molar refractivity (Wildman–Crippen MR) is 127 cm³/mol. The van der Waals surface area contributed by atoms with E-state index in [0.717, 1.165) is 19.3 Å². The molecule has 1 aromatic heterocycles. The van der Waals surface area contributed by atoms with Crippen LogP contribution in [0.2, 0.25) is 0 Å². The van der Waals surface area contributed by atoms with Crippen LogP contribution in [0.15, 0.2) is 57.0 Å². The van der Waals surface area contributed by atoms with Crippen molar-refractivity contribution in [2.24, 2.45) is 0 Å². The number of hydrogen-bond acceptors (Lipinski definition) is 8. The summed E-state index contributed by atoms with van der Waals surface area (Å²) < 4.78 is 38.4. The number of sulfonamides is 1. The van der Waals surface area contributed by atoms with Gasteiger partial charge in [-0.2, -0.15) is 4.31 Å². The van der Waals surface area contributed by atoms with Crippen LogP contribution in [0.3, 0.4) is 0 Å². The molecule has 0 spiro atoms. The number of morpholine rings is 1. The number of aryl methyl sites for hydroxylation is 2. The molecule has 1 aliphatic carbocycles. The van der Waals surface area contributed by atoms with Gasteiger partial charge in [-0.1, -0.05) is 30.0 Å². The Hall–Kier alpha value is -2.53.